The zero-order chi connectivity index (χ0) is 22.1. The minimum absolute atomic E-state index is 0.141. The smallest absolute Gasteiger partial charge is 0.193 e. The highest BCUT2D eigenvalue weighted by Crippen LogP contribution is 2.40. The zero-order valence-electron chi connectivity index (χ0n) is 18.3. The van der Waals surface area contributed by atoms with E-state index in [-0.39, 0.29) is 10.1 Å². The number of carbonyl (C=O) groups is 1. The second kappa shape index (κ2) is 8.74. The molecule has 160 valence electrons. The van der Waals surface area contributed by atoms with Crippen molar-refractivity contribution in [2.75, 3.05) is 0 Å². The summed E-state index contributed by atoms with van der Waals surface area (Å²) in [6, 6.07) is 4.06. The number of hydrogen-bond acceptors (Lipinski definition) is 4. The van der Waals surface area contributed by atoms with Gasteiger partial charge in [-0.15, -0.1) is 4.72 Å². The number of carbonyl (C=O) groups excluding carboxylic acids is 1. The Morgan fingerprint density at radius 2 is 1.71 bits per heavy atom. The van der Waals surface area contributed by atoms with E-state index in [2.05, 4.69) is 25.5 Å². The fourth-order valence-electron chi connectivity index (χ4n) is 2.26. The first-order chi connectivity index (χ1) is 12.4. The van der Waals surface area contributed by atoms with E-state index in [1.807, 2.05) is 33.9 Å². The van der Waals surface area contributed by atoms with Crippen LogP contribution in [0.1, 0.15) is 54.0 Å². The lowest BCUT2D eigenvalue weighted by molar-refractivity contribution is -0.117. The van der Waals surface area contributed by atoms with Crippen LogP contribution in [0.25, 0.3) is 0 Å². The maximum Gasteiger partial charge on any atom is 0.193 e. The highest BCUT2D eigenvalue weighted by atomic mass is 35.5. The van der Waals surface area contributed by atoms with Crippen LogP contribution in [0, 0.1) is 5.82 Å². The molecule has 0 aliphatic rings. The van der Waals surface area contributed by atoms with E-state index in [0.29, 0.717) is 11.8 Å². The molecule has 0 fully saturated rings. The fraction of sp³-hybridized carbons (Fsp3) is 0.650. The summed E-state index contributed by atoms with van der Waals surface area (Å²) in [5.41, 5.74) is -0.827. The van der Waals surface area contributed by atoms with E-state index in [0.717, 1.165) is 0 Å². The van der Waals surface area contributed by atoms with Crippen LogP contribution in [0.3, 0.4) is 0 Å². The third-order valence-electron chi connectivity index (χ3n) is 5.24. The summed E-state index contributed by atoms with van der Waals surface area (Å²) in [7, 11) is -2.35. The Morgan fingerprint density at radius 1 is 1.18 bits per heavy atom. The standard InChI is InChI=1S/C20H33ClFNO3SSi/c1-18(2,3)27(25)23-20(7,14-10-15(21)12-16(22)11-14)17(13-24)26-28(8,9)19(4,5)6/h10-13,17,23H,1-9H3/t17-,20+,27?/m1/s1. The molecular formula is C20H33ClFNO3SSi. The van der Waals surface area contributed by atoms with Gasteiger partial charge in [0.05, 0.1) is 0 Å². The van der Waals surface area contributed by atoms with Crippen LogP contribution in [0.2, 0.25) is 23.2 Å². The minimum Gasteiger partial charge on any atom is -0.598 e. The normalized spacial score (nSPS) is 17.7. The van der Waals surface area contributed by atoms with Gasteiger partial charge in [0.1, 0.15) is 28.5 Å². The molecule has 3 atom stereocenters. The lowest BCUT2D eigenvalue weighted by atomic mass is 9.88. The van der Waals surface area contributed by atoms with Gasteiger partial charge in [0, 0.05) is 16.4 Å². The quantitative estimate of drug-likeness (QED) is 0.347. The van der Waals surface area contributed by atoms with Gasteiger partial charge in [-0.25, -0.2) is 4.39 Å². The number of halogens is 2. The Labute approximate surface area is 178 Å². The van der Waals surface area contributed by atoms with Crippen molar-refractivity contribution in [3.05, 3.63) is 34.6 Å². The predicted molar refractivity (Wildman–Crippen MR) is 118 cm³/mol. The van der Waals surface area contributed by atoms with Gasteiger partial charge in [0.2, 0.25) is 0 Å². The monoisotopic (exact) mass is 449 g/mol. The number of hydrogen-bond donors (Lipinski definition) is 1. The third-order valence-corrected chi connectivity index (χ3v) is 11.6. The van der Waals surface area contributed by atoms with Crippen molar-refractivity contribution in [2.24, 2.45) is 0 Å². The molecule has 1 aromatic carbocycles. The summed E-state index contributed by atoms with van der Waals surface area (Å²) < 4.78 is 35.9. The first kappa shape index (κ1) is 25.6. The van der Waals surface area contributed by atoms with Crippen molar-refractivity contribution in [2.45, 2.75) is 83.0 Å². The molecule has 4 nitrogen and oxygen atoms in total. The molecule has 1 N–H and O–H groups in total. The van der Waals surface area contributed by atoms with E-state index < -0.39 is 41.9 Å². The summed E-state index contributed by atoms with van der Waals surface area (Å²) in [5.74, 6) is -0.533. The van der Waals surface area contributed by atoms with Crippen LogP contribution in [-0.2, 0) is 26.1 Å². The van der Waals surface area contributed by atoms with E-state index in [9.17, 15) is 13.7 Å². The van der Waals surface area contributed by atoms with Crippen molar-refractivity contribution in [1.29, 1.82) is 0 Å². The van der Waals surface area contributed by atoms with Crippen molar-refractivity contribution in [1.82, 2.24) is 4.72 Å². The number of rotatable bonds is 7. The molecule has 0 aliphatic heterocycles. The maximum atomic E-state index is 14.1. The van der Waals surface area contributed by atoms with Gasteiger partial charge in [-0.05, 0) is 69.6 Å². The zero-order valence-corrected chi connectivity index (χ0v) is 20.8. The summed E-state index contributed by atoms with van der Waals surface area (Å²) in [6.07, 6.45) is -0.274. The molecule has 0 bridgehead atoms. The Bertz CT molecular complexity index is 685. The molecule has 0 heterocycles. The second-order valence-corrected chi connectivity index (χ2v) is 16.9. The Balaban J connectivity index is 3.53. The first-order valence-electron chi connectivity index (χ1n) is 9.23. The lowest BCUT2D eigenvalue weighted by Crippen LogP contribution is -2.60. The van der Waals surface area contributed by atoms with E-state index in [1.54, 1.807) is 13.0 Å². The third kappa shape index (κ3) is 6.03. The topological polar surface area (TPSA) is 61.4 Å². The van der Waals surface area contributed by atoms with Crippen LogP contribution in [0.5, 0.6) is 0 Å². The molecular weight excluding hydrogens is 417 g/mol. The van der Waals surface area contributed by atoms with Crippen LogP contribution in [0.4, 0.5) is 4.39 Å². The second-order valence-electron chi connectivity index (χ2n) is 9.78. The van der Waals surface area contributed by atoms with Gasteiger partial charge in [0.25, 0.3) is 0 Å². The molecule has 0 aliphatic carbocycles. The van der Waals surface area contributed by atoms with Crippen LogP contribution < -0.4 is 4.72 Å². The highest BCUT2D eigenvalue weighted by Gasteiger charge is 2.48. The lowest BCUT2D eigenvalue weighted by Gasteiger charge is -2.44. The predicted octanol–water partition coefficient (Wildman–Crippen LogP) is 5.34. The molecule has 8 heteroatoms. The van der Waals surface area contributed by atoms with E-state index in [4.69, 9.17) is 16.0 Å². The molecule has 0 spiro atoms. The van der Waals surface area contributed by atoms with Crippen molar-refractivity contribution >= 4 is 37.6 Å². The molecule has 0 saturated carbocycles. The number of benzene rings is 1. The van der Waals surface area contributed by atoms with Gasteiger partial charge in [0.15, 0.2) is 8.32 Å². The largest absolute Gasteiger partial charge is 0.598 e. The Morgan fingerprint density at radius 3 is 2.11 bits per heavy atom. The van der Waals surface area contributed by atoms with Gasteiger partial charge in [-0.2, -0.15) is 0 Å². The summed E-state index contributed by atoms with van der Waals surface area (Å²) in [4.78, 5) is 12.2. The Kier molecular flexibility index (Phi) is 7.99. The molecule has 0 saturated heterocycles. The van der Waals surface area contributed by atoms with Crippen molar-refractivity contribution in [3.8, 4) is 0 Å². The molecule has 0 radical (unpaired) electrons. The van der Waals surface area contributed by atoms with Crippen molar-refractivity contribution in [3.63, 3.8) is 0 Å². The number of aldehydes is 1. The van der Waals surface area contributed by atoms with E-state index in [1.165, 1.54) is 12.1 Å². The molecule has 28 heavy (non-hydrogen) atoms. The van der Waals surface area contributed by atoms with Gasteiger partial charge in [-0.3, -0.25) is 0 Å². The van der Waals surface area contributed by atoms with Gasteiger partial charge in [-0.1, -0.05) is 32.4 Å². The molecule has 0 aromatic heterocycles. The van der Waals surface area contributed by atoms with Crippen LogP contribution >= 0.6 is 11.6 Å². The van der Waals surface area contributed by atoms with Gasteiger partial charge >= 0.3 is 0 Å². The molecule has 0 amide bonds. The first-order valence-corrected chi connectivity index (χ1v) is 13.7. The highest BCUT2D eigenvalue weighted by molar-refractivity contribution is 7.90. The van der Waals surface area contributed by atoms with E-state index >= 15 is 0 Å². The Hall–Kier alpha value is -0.443. The fourth-order valence-corrected chi connectivity index (χ4v) is 4.68. The average Bonchev–Trinajstić information content (AvgIpc) is 2.49. The summed E-state index contributed by atoms with van der Waals surface area (Å²) in [5, 5.41) is 0.0549. The maximum absolute atomic E-state index is 14.1. The molecule has 1 rings (SSSR count). The minimum atomic E-state index is -2.35. The molecule has 1 aromatic rings. The summed E-state index contributed by atoms with van der Waals surface area (Å²) in [6.45, 7) is 17.4. The van der Waals surface area contributed by atoms with Crippen molar-refractivity contribution < 1.29 is 18.2 Å². The average molecular weight is 450 g/mol. The van der Waals surface area contributed by atoms with Crippen LogP contribution in [-0.4, -0.2) is 30.0 Å². The number of nitrogens with one attached hydrogen (secondary N) is 1. The molecule has 1 unspecified atom stereocenters. The van der Waals surface area contributed by atoms with Gasteiger partial charge < -0.3 is 13.8 Å². The summed E-state index contributed by atoms with van der Waals surface area (Å²) >= 11 is 4.54. The van der Waals surface area contributed by atoms with Crippen LogP contribution in [0.15, 0.2) is 18.2 Å². The SMILES string of the molecule is CC(C)(C)[S+]([O-])N[C@@](C)(c1cc(F)cc(Cl)c1)[C@@H](C=O)O[Si](C)(C)C(C)(C)C.